The van der Waals surface area contributed by atoms with Crippen LogP contribution in [0.15, 0.2) is 24.3 Å². The van der Waals surface area contributed by atoms with E-state index in [4.69, 9.17) is 9.84 Å². The molecule has 5 nitrogen and oxygen atoms in total. The first-order valence-corrected chi connectivity index (χ1v) is 5.69. The molecule has 1 amide bonds. The summed E-state index contributed by atoms with van der Waals surface area (Å²) in [5, 5.41) is 11.0. The van der Waals surface area contributed by atoms with Crippen molar-refractivity contribution in [3.8, 4) is 0 Å². The molecule has 0 fully saturated rings. The Morgan fingerprint density at radius 1 is 1.28 bits per heavy atom. The van der Waals surface area contributed by atoms with Crippen LogP contribution < -0.4 is 5.32 Å². The number of carboxylic acid groups (broad SMARTS) is 1. The van der Waals surface area contributed by atoms with Gasteiger partial charge in [-0.1, -0.05) is 29.8 Å². The van der Waals surface area contributed by atoms with Crippen molar-refractivity contribution in [2.24, 2.45) is 0 Å². The fraction of sp³-hybridized carbons (Fsp3) is 0.385. The number of nitrogens with one attached hydrogen (secondary N) is 1. The number of amides is 1. The van der Waals surface area contributed by atoms with Crippen LogP contribution in [0.5, 0.6) is 0 Å². The van der Waals surface area contributed by atoms with E-state index in [9.17, 15) is 9.59 Å². The van der Waals surface area contributed by atoms with Gasteiger partial charge < -0.3 is 15.2 Å². The Labute approximate surface area is 106 Å². The van der Waals surface area contributed by atoms with Crippen LogP contribution in [0.2, 0.25) is 0 Å². The van der Waals surface area contributed by atoms with E-state index >= 15 is 0 Å². The third-order valence-corrected chi connectivity index (χ3v) is 2.28. The zero-order valence-electron chi connectivity index (χ0n) is 10.3. The van der Waals surface area contributed by atoms with Gasteiger partial charge in [0.2, 0.25) is 5.91 Å². The van der Waals surface area contributed by atoms with Crippen LogP contribution >= 0.6 is 0 Å². The Hall–Kier alpha value is -1.88. The summed E-state index contributed by atoms with van der Waals surface area (Å²) in [4.78, 5) is 21.7. The lowest BCUT2D eigenvalue weighted by atomic mass is 10.1. The summed E-state index contributed by atoms with van der Waals surface area (Å²) in [6.07, 6.45) is 0.319. The standard InChI is InChI=1S/C13H17NO4/c1-10-2-4-11(5-3-10)8-12(15)14-6-7-18-9-13(16)17/h2-5H,6-9H2,1H3,(H,14,15)(H,16,17). The number of benzene rings is 1. The summed E-state index contributed by atoms with van der Waals surface area (Å²) in [6, 6.07) is 7.74. The molecule has 0 aliphatic carbocycles. The number of carbonyl (C=O) groups excluding carboxylic acids is 1. The number of hydrogen-bond acceptors (Lipinski definition) is 3. The number of carboxylic acids is 1. The van der Waals surface area contributed by atoms with Crippen LogP contribution in [0.4, 0.5) is 0 Å². The molecule has 0 aromatic heterocycles. The molecular weight excluding hydrogens is 234 g/mol. The van der Waals surface area contributed by atoms with E-state index in [-0.39, 0.29) is 19.1 Å². The summed E-state index contributed by atoms with van der Waals surface area (Å²) in [7, 11) is 0. The average molecular weight is 251 g/mol. The van der Waals surface area contributed by atoms with Crippen molar-refractivity contribution < 1.29 is 19.4 Å². The Balaban J connectivity index is 2.17. The van der Waals surface area contributed by atoms with Crippen molar-refractivity contribution in [1.82, 2.24) is 5.32 Å². The molecule has 0 heterocycles. The second-order valence-corrected chi connectivity index (χ2v) is 3.96. The molecule has 5 heteroatoms. The van der Waals surface area contributed by atoms with Gasteiger partial charge in [-0.2, -0.15) is 0 Å². The topological polar surface area (TPSA) is 75.6 Å². The zero-order chi connectivity index (χ0) is 13.4. The molecule has 0 radical (unpaired) electrons. The first-order valence-electron chi connectivity index (χ1n) is 5.69. The van der Waals surface area contributed by atoms with Crippen LogP contribution in [0, 0.1) is 6.92 Å². The highest BCUT2D eigenvalue weighted by Gasteiger charge is 2.02. The van der Waals surface area contributed by atoms with Crippen LogP contribution in [0.3, 0.4) is 0 Å². The lowest BCUT2D eigenvalue weighted by molar-refractivity contribution is -0.142. The van der Waals surface area contributed by atoms with Gasteiger partial charge in [0, 0.05) is 6.54 Å². The number of hydrogen-bond donors (Lipinski definition) is 2. The predicted molar refractivity (Wildman–Crippen MR) is 66.3 cm³/mol. The molecule has 98 valence electrons. The molecule has 0 saturated heterocycles. The second-order valence-electron chi connectivity index (χ2n) is 3.96. The van der Waals surface area contributed by atoms with E-state index in [0.29, 0.717) is 13.0 Å². The number of carbonyl (C=O) groups is 2. The Bertz CT molecular complexity index is 400. The van der Waals surface area contributed by atoms with E-state index < -0.39 is 5.97 Å². The first kappa shape index (κ1) is 14.2. The minimum absolute atomic E-state index is 0.0993. The van der Waals surface area contributed by atoms with E-state index in [1.807, 2.05) is 31.2 Å². The molecule has 0 saturated carbocycles. The van der Waals surface area contributed by atoms with Gasteiger partial charge in [0.25, 0.3) is 0 Å². The third kappa shape index (κ3) is 6.00. The smallest absolute Gasteiger partial charge is 0.329 e. The van der Waals surface area contributed by atoms with Gasteiger partial charge in [-0.25, -0.2) is 4.79 Å². The highest BCUT2D eigenvalue weighted by atomic mass is 16.5. The monoisotopic (exact) mass is 251 g/mol. The van der Waals surface area contributed by atoms with Crippen molar-refractivity contribution in [1.29, 1.82) is 0 Å². The van der Waals surface area contributed by atoms with E-state index in [2.05, 4.69) is 5.32 Å². The maximum absolute atomic E-state index is 11.5. The molecule has 2 N–H and O–H groups in total. The summed E-state index contributed by atoms with van der Waals surface area (Å²) in [6.45, 7) is 2.17. The van der Waals surface area contributed by atoms with Crippen molar-refractivity contribution in [3.05, 3.63) is 35.4 Å². The maximum atomic E-state index is 11.5. The molecular formula is C13H17NO4. The molecule has 1 rings (SSSR count). The second kappa shape index (κ2) is 7.45. The summed E-state index contributed by atoms with van der Waals surface area (Å²) >= 11 is 0. The molecule has 1 aromatic rings. The fourth-order valence-corrected chi connectivity index (χ4v) is 1.38. The van der Waals surface area contributed by atoms with Crippen molar-refractivity contribution in [2.45, 2.75) is 13.3 Å². The van der Waals surface area contributed by atoms with Gasteiger partial charge in [-0.3, -0.25) is 4.79 Å². The van der Waals surface area contributed by atoms with Crippen molar-refractivity contribution in [3.63, 3.8) is 0 Å². The number of ether oxygens (including phenoxy) is 1. The Kier molecular flexibility index (Phi) is 5.87. The molecule has 18 heavy (non-hydrogen) atoms. The molecule has 1 aromatic carbocycles. The molecule has 0 unspecified atom stereocenters. The molecule has 0 aliphatic heterocycles. The highest BCUT2D eigenvalue weighted by Crippen LogP contribution is 2.03. The molecule has 0 bridgehead atoms. The first-order chi connectivity index (χ1) is 8.58. The Morgan fingerprint density at radius 2 is 1.94 bits per heavy atom. The van der Waals surface area contributed by atoms with E-state index in [1.165, 1.54) is 0 Å². The van der Waals surface area contributed by atoms with Crippen LogP contribution in [0.1, 0.15) is 11.1 Å². The minimum Gasteiger partial charge on any atom is -0.480 e. The van der Waals surface area contributed by atoms with Gasteiger partial charge in [-0.15, -0.1) is 0 Å². The lowest BCUT2D eigenvalue weighted by Crippen LogP contribution is -2.29. The quantitative estimate of drug-likeness (QED) is 0.701. The highest BCUT2D eigenvalue weighted by molar-refractivity contribution is 5.78. The normalized spacial score (nSPS) is 10.1. The minimum atomic E-state index is -1.01. The summed E-state index contributed by atoms with van der Waals surface area (Å²) < 4.78 is 4.80. The SMILES string of the molecule is Cc1ccc(CC(=O)NCCOCC(=O)O)cc1. The Morgan fingerprint density at radius 3 is 2.56 bits per heavy atom. The van der Waals surface area contributed by atoms with Crippen molar-refractivity contribution >= 4 is 11.9 Å². The van der Waals surface area contributed by atoms with Crippen LogP contribution in [-0.4, -0.2) is 36.7 Å². The number of rotatable bonds is 7. The van der Waals surface area contributed by atoms with Crippen LogP contribution in [0.25, 0.3) is 0 Å². The largest absolute Gasteiger partial charge is 0.480 e. The van der Waals surface area contributed by atoms with Gasteiger partial charge >= 0.3 is 5.97 Å². The number of aryl methyl sites for hydroxylation is 1. The van der Waals surface area contributed by atoms with Crippen molar-refractivity contribution in [2.75, 3.05) is 19.8 Å². The van der Waals surface area contributed by atoms with Crippen LogP contribution in [-0.2, 0) is 20.7 Å². The molecule has 0 aliphatic rings. The van der Waals surface area contributed by atoms with E-state index in [0.717, 1.165) is 11.1 Å². The van der Waals surface area contributed by atoms with E-state index in [1.54, 1.807) is 0 Å². The third-order valence-electron chi connectivity index (χ3n) is 2.28. The van der Waals surface area contributed by atoms with Gasteiger partial charge in [0.05, 0.1) is 13.0 Å². The summed E-state index contributed by atoms with van der Waals surface area (Å²) in [5.74, 6) is -1.11. The molecule has 0 spiro atoms. The van der Waals surface area contributed by atoms with Gasteiger partial charge in [0.15, 0.2) is 0 Å². The maximum Gasteiger partial charge on any atom is 0.329 e. The van der Waals surface area contributed by atoms with Gasteiger partial charge in [-0.05, 0) is 12.5 Å². The predicted octanol–water partition coefficient (Wildman–Crippen LogP) is 0.755. The zero-order valence-corrected chi connectivity index (χ0v) is 10.3. The lowest BCUT2D eigenvalue weighted by Gasteiger charge is -2.05. The average Bonchev–Trinajstić information content (AvgIpc) is 2.31. The van der Waals surface area contributed by atoms with Gasteiger partial charge in [0.1, 0.15) is 6.61 Å². The summed E-state index contributed by atoms with van der Waals surface area (Å²) in [5.41, 5.74) is 2.10. The fourth-order valence-electron chi connectivity index (χ4n) is 1.38. The molecule has 0 atom stereocenters. The number of aliphatic carboxylic acids is 1.